The highest BCUT2D eigenvalue weighted by Gasteiger charge is 2.39. The minimum atomic E-state index is -1.81. The highest BCUT2D eigenvalue weighted by molar-refractivity contribution is 5.66. The second-order valence-corrected chi connectivity index (χ2v) is 3.98. The summed E-state index contributed by atoms with van der Waals surface area (Å²) >= 11 is 0. The summed E-state index contributed by atoms with van der Waals surface area (Å²) < 4.78 is 40.4. The zero-order valence-electron chi connectivity index (χ0n) is 8.74. The number of benzene rings is 1. The van der Waals surface area contributed by atoms with E-state index in [9.17, 15) is 18.0 Å². The van der Waals surface area contributed by atoms with Crippen LogP contribution in [-0.2, 0) is 0 Å². The number of alkyl halides is 1. The second kappa shape index (κ2) is 4.27. The van der Waals surface area contributed by atoms with Gasteiger partial charge in [0.15, 0.2) is 0 Å². The summed E-state index contributed by atoms with van der Waals surface area (Å²) in [5.74, 6) is -2.56. The fraction of sp³-hybridized carbons (Fsp3) is 0.364. The lowest BCUT2D eigenvalue weighted by atomic mass is 9.90. The monoisotopic (exact) mass is 245 g/mol. The number of amides is 1. The van der Waals surface area contributed by atoms with Crippen molar-refractivity contribution in [2.75, 3.05) is 13.1 Å². The molecule has 1 aromatic rings. The maximum Gasteiger partial charge on any atom is 0.407 e. The smallest absolute Gasteiger partial charge is 0.407 e. The van der Waals surface area contributed by atoms with Crippen molar-refractivity contribution in [2.24, 2.45) is 5.92 Å². The van der Waals surface area contributed by atoms with Crippen LogP contribution in [-0.4, -0.2) is 29.2 Å². The number of rotatable bonds is 2. The van der Waals surface area contributed by atoms with Gasteiger partial charge in [-0.2, -0.15) is 0 Å². The molecule has 1 amide bonds. The van der Waals surface area contributed by atoms with Crippen LogP contribution in [0.4, 0.5) is 18.0 Å². The molecule has 1 N–H and O–H groups in total. The van der Waals surface area contributed by atoms with Crippen LogP contribution < -0.4 is 0 Å². The number of nitrogens with zero attached hydrogens (tertiary/aromatic N) is 1. The molecule has 1 aromatic carbocycles. The standard InChI is InChI=1S/C11H10F3NO2/c12-7-2-1-3-8(13)9(7)10(14)6-4-15(5-6)11(16)17/h1-3,6,10H,4-5H2,(H,16,17). The number of hydrogen-bond donors (Lipinski definition) is 1. The lowest BCUT2D eigenvalue weighted by Gasteiger charge is -2.38. The van der Waals surface area contributed by atoms with Crippen LogP contribution in [0, 0.1) is 17.6 Å². The summed E-state index contributed by atoms with van der Waals surface area (Å²) in [4.78, 5) is 11.5. The fourth-order valence-electron chi connectivity index (χ4n) is 1.86. The second-order valence-electron chi connectivity index (χ2n) is 3.98. The van der Waals surface area contributed by atoms with Gasteiger partial charge in [-0.15, -0.1) is 0 Å². The topological polar surface area (TPSA) is 40.5 Å². The molecule has 1 unspecified atom stereocenters. The van der Waals surface area contributed by atoms with Gasteiger partial charge in [-0.25, -0.2) is 18.0 Å². The molecular weight excluding hydrogens is 235 g/mol. The van der Waals surface area contributed by atoms with Gasteiger partial charge < -0.3 is 10.0 Å². The zero-order valence-corrected chi connectivity index (χ0v) is 8.74. The number of halogens is 3. The number of hydrogen-bond acceptors (Lipinski definition) is 1. The third kappa shape index (κ3) is 2.07. The van der Waals surface area contributed by atoms with E-state index < -0.39 is 35.4 Å². The first kappa shape index (κ1) is 11.8. The molecule has 0 spiro atoms. The summed E-state index contributed by atoms with van der Waals surface area (Å²) in [6.45, 7) is -0.0749. The zero-order chi connectivity index (χ0) is 12.6. The van der Waals surface area contributed by atoms with E-state index in [-0.39, 0.29) is 13.1 Å². The van der Waals surface area contributed by atoms with Gasteiger partial charge in [0.1, 0.15) is 17.8 Å². The molecule has 1 aliphatic heterocycles. The van der Waals surface area contributed by atoms with Crippen molar-refractivity contribution >= 4 is 6.09 Å². The maximum absolute atomic E-state index is 13.8. The van der Waals surface area contributed by atoms with Crippen molar-refractivity contribution in [3.8, 4) is 0 Å². The van der Waals surface area contributed by atoms with Crippen LogP contribution in [0.5, 0.6) is 0 Å². The van der Waals surface area contributed by atoms with E-state index in [0.717, 1.165) is 23.1 Å². The molecule has 92 valence electrons. The largest absolute Gasteiger partial charge is 0.465 e. The molecule has 0 aliphatic carbocycles. The summed E-state index contributed by atoms with van der Waals surface area (Å²) in [5, 5.41) is 8.57. The Hall–Kier alpha value is -1.72. The van der Waals surface area contributed by atoms with Crippen LogP contribution in [0.15, 0.2) is 18.2 Å². The minimum Gasteiger partial charge on any atom is -0.465 e. The molecule has 2 rings (SSSR count). The number of carbonyl (C=O) groups is 1. The highest BCUT2D eigenvalue weighted by Crippen LogP contribution is 2.35. The lowest BCUT2D eigenvalue weighted by molar-refractivity contribution is 0.0384. The van der Waals surface area contributed by atoms with Gasteiger partial charge in [0.2, 0.25) is 0 Å². The Morgan fingerprint density at radius 2 is 1.88 bits per heavy atom. The van der Waals surface area contributed by atoms with E-state index in [4.69, 9.17) is 5.11 Å². The summed E-state index contributed by atoms with van der Waals surface area (Å²) in [6, 6.07) is 3.13. The van der Waals surface area contributed by atoms with E-state index in [1.54, 1.807) is 0 Å². The molecule has 1 heterocycles. The molecule has 0 aromatic heterocycles. The Balaban J connectivity index is 2.11. The average molecular weight is 245 g/mol. The van der Waals surface area contributed by atoms with Crippen LogP contribution >= 0.6 is 0 Å². The molecule has 1 aliphatic rings. The molecule has 1 atom stereocenters. The number of carboxylic acid groups (broad SMARTS) is 1. The van der Waals surface area contributed by atoms with Crippen LogP contribution in [0.25, 0.3) is 0 Å². The Kier molecular flexibility index (Phi) is 2.95. The van der Waals surface area contributed by atoms with Crippen molar-refractivity contribution in [1.82, 2.24) is 4.90 Å². The van der Waals surface area contributed by atoms with Crippen LogP contribution in [0.3, 0.4) is 0 Å². The van der Waals surface area contributed by atoms with Gasteiger partial charge in [0, 0.05) is 19.0 Å². The first-order valence-electron chi connectivity index (χ1n) is 5.06. The molecule has 1 fully saturated rings. The Morgan fingerprint density at radius 3 is 2.35 bits per heavy atom. The summed E-state index contributed by atoms with van der Waals surface area (Å²) in [7, 11) is 0. The van der Waals surface area contributed by atoms with Crippen LogP contribution in [0.1, 0.15) is 11.7 Å². The molecule has 0 bridgehead atoms. The molecule has 0 radical (unpaired) electrons. The molecule has 1 saturated heterocycles. The van der Waals surface area contributed by atoms with Crippen molar-refractivity contribution < 1.29 is 23.1 Å². The highest BCUT2D eigenvalue weighted by atomic mass is 19.2. The van der Waals surface area contributed by atoms with Crippen molar-refractivity contribution in [2.45, 2.75) is 6.17 Å². The first-order valence-corrected chi connectivity index (χ1v) is 5.06. The third-order valence-corrected chi connectivity index (χ3v) is 2.87. The normalized spacial score (nSPS) is 17.7. The quantitative estimate of drug-likeness (QED) is 0.869. The minimum absolute atomic E-state index is 0.0374. The molecule has 0 saturated carbocycles. The van der Waals surface area contributed by atoms with Crippen LogP contribution in [0.2, 0.25) is 0 Å². The molecule has 17 heavy (non-hydrogen) atoms. The SMILES string of the molecule is O=C(O)N1CC(C(F)c2c(F)cccc2F)C1. The van der Waals surface area contributed by atoms with Gasteiger partial charge in [0.25, 0.3) is 0 Å². The lowest BCUT2D eigenvalue weighted by Crippen LogP contribution is -2.51. The predicted molar refractivity (Wildman–Crippen MR) is 53.3 cm³/mol. The van der Waals surface area contributed by atoms with Gasteiger partial charge in [-0.05, 0) is 12.1 Å². The van der Waals surface area contributed by atoms with E-state index in [2.05, 4.69) is 0 Å². The van der Waals surface area contributed by atoms with E-state index >= 15 is 0 Å². The summed E-state index contributed by atoms with van der Waals surface area (Å²) in [5.41, 5.74) is -0.609. The average Bonchev–Trinajstić information content (AvgIpc) is 2.13. The molecule has 3 nitrogen and oxygen atoms in total. The maximum atomic E-state index is 13.8. The van der Waals surface area contributed by atoms with E-state index in [1.165, 1.54) is 0 Å². The Morgan fingerprint density at radius 1 is 1.35 bits per heavy atom. The first-order chi connectivity index (χ1) is 8.00. The third-order valence-electron chi connectivity index (χ3n) is 2.87. The Labute approximate surface area is 95.5 Å². The van der Waals surface area contributed by atoms with Crippen molar-refractivity contribution in [3.05, 3.63) is 35.4 Å². The van der Waals surface area contributed by atoms with E-state index in [1.807, 2.05) is 0 Å². The van der Waals surface area contributed by atoms with Gasteiger partial charge >= 0.3 is 6.09 Å². The Bertz CT molecular complexity index is 426. The van der Waals surface area contributed by atoms with Crippen molar-refractivity contribution in [3.63, 3.8) is 0 Å². The number of likely N-dealkylation sites (tertiary alicyclic amines) is 1. The fourth-order valence-corrected chi connectivity index (χ4v) is 1.86. The molecule has 6 heteroatoms. The summed E-state index contributed by atoms with van der Waals surface area (Å²) in [6.07, 6.45) is -2.96. The predicted octanol–water partition coefficient (Wildman–Crippen LogP) is 2.59. The van der Waals surface area contributed by atoms with Gasteiger partial charge in [0.05, 0.1) is 5.56 Å². The van der Waals surface area contributed by atoms with E-state index in [0.29, 0.717) is 0 Å². The van der Waals surface area contributed by atoms with Crippen molar-refractivity contribution in [1.29, 1.82) is 0 Å². The van der Waals surface area contributed by atoms with Gasteiger partial charge in [-0.3, -0.25) is 0 Å². The van der Waals surface area contributed by atoms with Gasteiger partial charge in [-0.1, -0.05) is 6.07 Å². The molecular formula is C11H10F3NO2.